The van der Waals surface area contributed by atoms with Crippen LogP contribution in [-0.2, 0) is 5.75 Å². The molecule has 1 aromatic heterocycles. The van der Waals surface area contributed by atoms with E-state index < -0.39 is 16.7 Å². The number of hydrogen-bond acceptors (Lipinski definition) is 7. The van der Waals surface area contributed by atoms with Crippen molar-refractivity contribution in [2.75, 3.05) is 4.90 Å². The Kier molecular flexibility index (Phi) is 5.57. The Morgan fingerprint density at radius 2 is 1.88 bits per heavy atom. The van der Waals surface area contributed by atoms with Crippen LogP contribution in [0.15, 0.2) is 58.9 Å². The number of nitrogens with zero attached hydrogens (tertiary/aromatic N) is 3. The maximum absolute atomic E-state index is 13.0. The first-order valence-corrected chi connectivity index (χ1v) is 12.0. The molecule has 0 unspecified atom stereocenters. The third-order valence-electron chi connectivity index (χ3n) is 5.06. The molecule has 2 amide bonds. The first-order valence-electron chi connectivity index (χ1n) is 9.47. The van der Waals surface area contributed by atoms with E-state index in [9.17, 15) is 19.7 Å². The number of imide groups is 1. The summed E-state index contributed by atoms with van der Waals surface area (Å²) < 4.78 is 1.56. The van der Waals surface area contributed by atoms with Gasteiger partial charge in [0.25, 0.3) is 17.5 Å². The van der Waals surface area contributed by atoms with Gasteiger partial charge in [-0.2, -0.15) is 0 Å². The van der Waals surface area contributed by atoms with E-state index in [1.807, 2.05) is 6.07 Å². The van der Waals surface area contributed by atoms with Crippen LogP contribution >= 0.6 is 46.3 Å². The van der Waals surface area contributed by atoms with Gasteiger partial charge in [-0.25, -0.2) is 9.88 Å². The van der Waals surface area contributed by atoms with E-state index >= 15 is 0 Å². The molecule has 0 radical (unpaired) electrons. The van der Waals surface area contributed by atoms with Gasteiger partial charge in [0.05, 0.1) is 26.4 Å². The smallest absolute Gasteiger partial charge is 0.268 e. The van der Waals surface area contributed by atoms with Crippen LogP contribution in [0.2, 0.25) is 10.0 Å². The minimum absolute atomic E-state index is 0.0215. The maximum atomic E-state index is 13.0. The predicted octanol–water partition coefficient (Wildman–Crippen LogP) is 6.60. The van der Waals surface area contributed by atoms with Gasteiger partial charge in [-0.1, -0.05) is 41.0 Å². The molecule has 0 aliphatic carbocycles. The number of nitro groups is 1. The molecule has 11 heteroatoms. The topological polar surface area (TPSA) is 93.4 Å². The first kappa shape index (κ1) is 21.8. The lowest BCUT2D eigenvalue weighted by Crippen LogP contribution is -2.29. The average molecular weight is 516 g/mol. The second kappa shape index (κ2) is 8.42. The van der Waals surface area contributed by atoms with Crippen molar-refractivity contribution in [1.82, 2.24) is 4.98 Å². The van der Waals surface area contributed by atoms with E-state index in [-0.39, 0.29) is 16.8 Å². The van der Waals surface area contributed by atoms with E-state index in [0.29, 0.717) is 27.0 Å². The molecular weight excluding hydrogens is 505 g/mol. The fraction of sp³-hybridized carbons (Fsp3) is 0.0455. The summed E-state index contributed by atoms with van der Waals surface area (Å²) in [6, 6.07) is 14.3. The average Bonchev–Trinajstić information content (AvgIpc) is 3.32. The van der Waals surface area contributed by atoms with Crippen molar-refractivity contribution < 1.29 is 14.5 Å². The van der Waals surface area contributed by atoms with Crippen molar-refractivity contribution in [2.24, 2.45) is 0 Å². The van der Waals surface area contributed by atoms with Crippen LogP contribution in [0.1, 0.15) is 26.3 Å². The Bertz CT molecular complexity index is 1490. The molecule has 0 atom stereocenters. The summed E-state index contributed by atoms with van der Waals surface area (Å²) in [5.41, 5.74) is 1.39. The highest BCUT2D eigenvalue weighted by atomic mass is 35.5. The highest BCUT2D eigenvalue weighted by Gasteiger charge is 2.41. The zero-order chi connectivity index (χ0) is 23.3. The molecule has 2 heterocycles. The monoisotopic (exact) mass is 515 g/mol. The molecule has 0 bridgehead atoms. The van der Waals surface area contributed by atoms with E-state index in [4.69, 9.17) is 23.2 Å². The molecule has 3 aromatic carbocycles. The molecule has 164 valence electrons. The Hall–Kier alpha value is -2.98. The standard InChI is InChI=1S/C22H11Cl2N3O4S2/c23-12-4-6-15(24)11(8-12)10-32-22-25-16-7-5-13(9-18(16)33-22)26-20(28)14-2-1-3-17(27(30)31)19(14)21(26)29/h1-9H,10H2. The highest BCUT2D eigenvalue weighted by Crippen LogP contribution is 2.38. The third-order valence-corrected chi connectivity index (χ3v) is 7.87. The summed E-state index contributed by atoms with van der Waals surface area (Å²) in [5, 5.41) is 12.6. The van der Waals surface area contributed by atoms with Gasteiger partial charge < -0.3 is 0 Å². The van der Waals surface area contributed by atoms with Crippen molar-refractivity contribution in [3.05, 3.63) is 91.4 Å². The van der Waals surface area contributed by atoms with Gasteiger partial charge in [0.15, 0.2) is 4.34 Å². The highest BCUT2D eigenvalue weighted by molar-refractivity contribution is 8.00. The second-order valence-corrected chi connectivity index (χ2v) is 10.2. The van der Waals surface area contributed by atoms with Crippen molar-refractivity contribution in [2.45, 2.75) is 10.1 Å². The van der Waals surface area contributed by atoms with Crippen LogP contribution in [0.5, 0.6) is 0 Å². The van der Waals surface area contributed by atoms with Crippen LogP contribution < -0.4 is 4.90 Å². The molecule has 33 heavy (non-hydrogen) atoms. The van der Waals surface area contributed by atoms with Crippen LogP contribution in [0.25, 0.3) is 10.2 Å². The number of thiazole rings is 1. The van der Waals surface area contributed by atoms with Gasteiger partial charge >= 0.3 is 0 Å². The number of carbonyl (C=O) groups is 2. The minimum Gasteiger partial charge on any atom is -0.268 e. The number of benzene rings is 3. The molecule has 0 N–H and O–H groups in total. The van der Waals surface area contributed by atoms with Crippen LogP contribution in [-0.4, -0.2) is 21.7 Å². The number of aromatic nitrogens is 1. The number of anilines is 1. The minimum atomic E-state index is -0.712. The number of rotatable bonds is 5. The lowest BCUT2D eigenvalue weighted by atomic mass is 10.1. The molecule has 1 aliphatic rings. The fourth-order valence-corrected chi connectivity index (χ4v) is 6.09. The lowest BCUT2D eigenvalue weighted by molar-refractivity contribution is -0.385. The summed E-state index contributed by atoms with van der Waals surface area (Å²) in [6.45, 7) is 0. The zero-order valence-electron chi connectivity index (χ0n) is 16.5. The molecular formula is C22H11Cl2N3O4S2. The van der Waals surface area contributed by atoms with Gasteiger partial charge in [0.2, 0.25) is 0 Å². The van der Waals surface area contributed by atoms with Crippen LogP contribution in [0.4, 0.5) is 11.4 Å². The summed E-state index contributed by atoms with van der Waals surface area (Å²) in [7, 11) is 0. The van der Waals surface area contributed by atoms with Crippen LogP contribution in [0, 0.1) is 10.1 Å². The normalized spacial score (nSPS) is 13.1. The largest absolute Gasteiger partial charge is 0.283 e. The number of hydrogen-bond donors (Lipinski definition) is 0. The van der Waals surface area contributed by atoms with Gasteiger partial charge in [0, 0.05) is 21.9 Å². The third kappa shape index (κ3) is 3.87. The maximum Gasteiger partial charge on any atom is 0.283 e. The van der Waals surface area contributed by atoms with Gasteiger partial charge in [-0.05, 0) is 48.0 Å². The number of amides is 2. The van der Waals surface area contributed by atoms with Crippen molar-refractivity contribution in [3.8, 4) is 0 Å². The number of nitro benzene ring substituents is 1. The number of halogens is 2. The fourth-order valence-electron chi connectivity index (χ4n) is 3.54. The molecule has 5 rings (SSSR count). The van der Waals surface area contributed by atoms with Gasteiger partial charge in [-0.15, -0.1) is 11.3 Å². The molecule has 1 aliphatic heterocycles. The van der Waals surface area contributed by atoms with Crippen LogP contribution in [0.3, 0.4) is 0 Å². The summed E-state index contributed by atoms with van der Waals surface area (Å²) in [5.74, 6) is -0.724. The molecule has 0 spiro atoms. The van der Waals surface area contributed by atoms with E-state index in [1.165, 1.54) is 41.3 Å². The van der Waals surface area contributed by atoms with Crippen molar-refractivity contribution >= 4 is 79.7 Å². The Labute approximate surface area is 205 Å². The molecule has 4 aromatic rings. The SMILES string of the molecule is O=C1c2cccc([N+](=O)[O-])c2C(=O)N1c1ccc2nc(SCc3cc(Cl)ccc3Cl)sc2c1. The van der Waals surface area contributed by atoms with E-state index in [1.54, 1.807) is 30.3 Å². The molecule has 0 fully saturated rings. The summed E-state index contributed by atoms with van der Waals surface area (Å²) >= 11 is 15.2. The number of thioether (sulfide) groups is 1. The van der Waals surface area contributed by atoms with Crippen molar-refractivity contribution in [1.29, 1.82) is 0 Å². The number of fused-ring (bicyclic) bond motifs is 2. The molecule has 7 nitrogen and oxygen atoms in total. The van der Waals surface area contributed by atoms with E-state index in [0.717, 1.165) is 19.5 Å². The quantitative estimate of drug-likeness (QED) is 0.128. The Morgan fingerprint density at radius 3 is 2.67 bits per heavy atom. The summed E-state index contributed by atoms with van der Waals surface area (Å²) in [6.07, 6.45) is 0. The van der Waals surface area contributed by atoms with E-state index in [2.05, 4.69) is 4.98 Å². The Morgan fingerprint density at radius 1 is 1.06 bits per heavy atom. The van der Waals surface area contributed by atoms with Gasteiger partial charge in [-0.3, -0.25) is 19.7 Å². The number of carbonyl (C=O) groups excluding carboxylic acids is 2. The predicted molar refractivity (Wildman–Crippen MR) is 130 cm³/mol. The molecule has 0 saturated heterocycles. The first-order chi connectivity index (χ1) is 15.8. The zero-order valence-corrected chi connectivity index (χ0v) is 19.6. The summed E-state index contributed by atoms with van der Waals surface area (Å²) in [4.78, 5) is 42.1. The second-order valence-electron chi connectivity index (χ2n) is 7.06. The van der Waals surface area contributed by atoms with Crippen molar-refractivity contribution in [3.63, 3.8) is 0 Å². The Balaban J connectivity index is 1.44. The molecule has 0 saturated carbocycles. The van der Waals surface area contributed by atoms with Gasteiger partial charge in [0.1, 0.15) is 5.56 Å². The lowest BCUT2D eigenvalue weighted by Gasteiger charge is -2.13.